The Kier molecular flexibility index (Phi) is 5.78. The molecule has 0 atom stereocenters. The van der Waals surface area contributed by atoms with E-state index in [9.17, 15) is 4.79 Å². The second-order valence-corrected chi connectivity index (χ2v) is 7.91. The predicted molar refractivity (Wildman–Crippen MR) is 114 cm³/mol. The number of nitrogens with zero attached hydrogens (tertiary/aromatic N) is 3. The van der Waals surface area contributed by atoms with Crippen molar-refractivity contribution >= 4 is 29.2 Å². The van der Waals surface area contributed by atoms with Crippen LogP contribution in [0.3, 0.4) is 0 Å². The lowest BCUT2D eigenvalue weighted by atomic mass is 10.0. The molecule has 0 saturated carbocycles. The Balaban J connectivity index is 1.59. The Morgan fingerprint density at radius 3 is 2.90 bits per heavy atom. The van der Waals surface area contributed by atoms with Gasteiger partial charge in [-0.2, -0.15) is 0 Å². The predicted octanol–water partition coefficient (Wildman–Crippen LogP) is 3.35. The fourth-order valence-corrected chi connectivity index (χ4v) is 4.38. The number of aryl methyl sites for hydroxylation is 1. The maximum Gasteiger partial charge on any atom is 0.251 e. The number of aromatic nitrogens is 2. The quantitative estimate of drug-likeness (QED) is 0.611. The summed E-state index contributed by atoms with van der Waals surface area (Å²) in [5, 5.41) is 12.6. The van der Waals surface area contributed by atoms with Crippen molar-refractivity contribution in [3.63, 3.8) is 0 Å². The lowest BCUT2D eigenvalue weighted by molar-refractivity contribution is 0.0944. The molecule has 148 valence electrons. The minimum atomic E-state index is -0.156. The highest BCUT2D eigenvalue weighted by Crippen LogP contribution is 2.37. The standard InChI is InChI=1S/C22H22N4O2S/c1-15-4-2-5-16(12-15)29-21-13-20(24-14-25-21)26-10-8-17-18(6-3-7-19(17)26)22(28)23-9-11-27/h2-7,12-14,27H,8-11H2,1H3,(H,23,28). The average Bonchev–Trinajstić information content (AvgIpc) is 3.16. The van der Waals surface area contributed by atoms with E-state index in [1.54, 1.807) is 18.1 Å². The van der Waals surface area contributed by atoms with Crippen molar-refractivity contribution in [1.82, 2.24) is 15.3 Å². The highest BCUT2D eigenvalue weighted by molar-refractivity contribution is 7.99. The first-order valence-corrected chi connectivity index (χ1v) is 10.3. The van der Waals surface area contributed by atoms with Gasteiger partial charge in [-0.15, -0.1) is 0 Å². The van der Waals surface area contributed by atoms with Gasteiger partial charge in [0.1, 0.15) is 17.2 Å². The SMILES string of the molecule is Cc1cccc(Sc2cc(N3CCc4c(C(=O)NCCO)cccc43)ncn2)c1. The van der Waals surface area contributed by atoms with Gasteiger partial charge in [-0.05, 0) is 43.2 Å². The number of anilines is 2. The smallest absolute Gasteiger partial charge is 0.251 e. The van der Waals surface area contributed by atoms with Crippen molar-refractivity contribution in [1.29, 1.82) is 0 Å². The highest BCUT2D eigenvalue weighted by atomic mass is 32.2. The van der Waals surface area contributed by atoms with Gasteiger partial charge in [0, 0.05) is 35.3 Å². The summed E-state index contributed by atoms with van der Waals surface area (Å²) >= 11 is 1.61. The fourth-order valence-electron chi connectivity index (χ4n) is 3.48. The molecule has 2 heterocycles. The summed E-state index contributed by atoms with van der Waals surface area (Å²) in [5.74, 6) is 0.665. The number of aliphatic hydroxyl groups is 1. The van der Waals surface area contributed by atoms with E-state index in [4.69, 9.17) is 5.11 Å². The van der Waals surface area contributed by atoms with Crippen molar-refractivity contribution in [2.45, 2.75) is 23.3 Å². The molecular weight excluding hydrogens is 384 g/mol. The number of amides is 1. The molecule has 1 amide bonds. The normalized spacial score (nSPS) is 12.7. The molecule has 6 nitrogen and oxygen atoms in total. The van der Waals surface area contributed by atoms with Gasteiger partial charge in [0.25, 0.3) is 5.91 Å². The summed E-state index contributed by atoms with van der Waals surface area (Å²) in [6, 6.07) is 16.0. The van der Waals surface area contributed by atoms with Crippen LogP contribution in [0.15, 0.2) is 64.8 Å². The van der Waals surface area contributed by atoms with Crippen molar-refractivity contribution < 1.29 is 9.90 Å². The third-order valence-corrected chi connectivity index (χ3v) is 5.71. The molecular formula is C22H22N4O2S. The van der Waals surface area contributed by atoms with Crippen molar-refractivity contribution in [2.24, 2.45) is 0 Å². The van der Waals surface area contributed by atoms with E-state index < -0.39 is 0 Å². The maximum atomic E-state index is 12.4. The number of rotatable bonds is 6. The summed E-state index contributed by atoms with van der Waals surface area (Å²) in [6.07, 6.45) is 2.35. The Labute approximate surface area is 174 Å². The molecule has 29 heavy (non-hydrogen) atoms. The molecule has 0 aliphatic carbocycles. The molecule has 1 aliphatic rings. The van der Waals surface area contributed by atoms with Crippen molar-refractivity contribution in [3.05, 3.63) is 71.5 Å². The molecule has 0 unspecified atom stereocenters. The van der Waals surface area contributed by atoms with Gasteiger partial charge in [0.05, 0.1) is 6.61 Å². The number of hydrogen-bond acceptors (Lipinski definition) is 6. The summed E-state index contributed by atoms with van der Waals surface area (Å²) in [7, 11) is 0. The van der Waals surface area contributed by atoms with Gasteiger partial charge in [0.15, 0.2) is 0 Å². The molecule has 4 rings (SSSR count). The summed E-state index contributed by atoms with van der Waals surface area (Å²) in [4.78, 5) is 24.6. The molecule has 0 saturated heterocycles. The zero-order chi connectivity index (χ0) is 20.2. The average molecular weight is 407 g/mol. The Morgan fingerprint density at radius 2 is 2.07 bits per heavy atom. The molecule has 7 heteroatoms. The number of hydrogen-bond donors (Lipinski definition) is 2. The van der Waals surface area contributed by atoms with Gasteiger partial charge in [-0.1, -0.05) is 35.5 Å². The Bertz CT molecular complexity index is 1040. The van der Waals surface area contributed by atoms with E-state index in [2.05, 4.69) is 45.3 Å². The molecule has 1 aromatic heterocycles. The Hall–Kier alpha value is -2.90. The summed E-state index contributed by atoms with van der Waals surface area (Å²) in [5.41, 5.74) is 3.87. The van der Waals surface area contributed by atoms with E-state index in [-0.39, 0.29) is 19.1 Å². The minimum absolute atomic E-state index is 0.0742. The van der Waals surface area contributed by atoms with E-state index >= 15 is 0 Å². The van der Waals surface area contributed by atoms with Crippen LogP contribution in [0.1, 0.15) is 21.5 Å². The first-order chi connectivity index (χ1) is 14.2. The number of aliphatic hydroxyl groups excluding tert-OH is 1. The first-order valence-electron chi connectivity index (χ1n) is 9.51. The zero-order valence-electron chi connectivity index (χ0n) is 16.1. The highest BCUT2D eigenvalue weighted by Gasteiger charge is 2.26. The molecule has 1 aliphatic heterocycles. The van der Waals surface area contributed by atoms with Crippen molar-refractivity contribution in [2.75, 3.05) is 24.6 Å². The van der Waals surface area contributed by atoms with E-state index in [0.717, 1.165) is 40.0 Å². The van der Waals surface area contributed by atoms with E-state index in [1.807, 2.05) is 30.3 Å². The molecule has 0 radical (unpaired) electrons. The largest absolute Gasteiger partial charge is 0.395 e. The number of nitrogens with one attached hydrogen (secondary N) is 1. The number of carbonyl (C=O) groups excluding carboxylic acids is 1. The molecule has 0 fully saturated rings. The van der Waals surface area contributed by atoms with E-state index in [0.29, 0.717) is 5.56 Å². The van der Waals surface area contributed by atoms with Crippen LogP contribution in [0, 0.1) is 6.92 Å². The molecule has 2 aromatic carbocycles. The second-order valence-electron chi connectivity index (χ2n) is 6.82. The maximum absolute atomic E-state index is 12.4. The minimum Gasteiger partial charge on any atom is -0.395 e. The third kappa shape index (κ3) is 4.26. The van der Waals surface area contributed by atoms with Crippen LogP contribution in [-0.2, 0) is 6.42 Å². The number of carbonyl (C=O) groups is 1. The van der Waals surface area contributed by atoms with Gasteiger partial charge in [-0.3, -0.25) is 4.79 Å². The van der Waals surface area contributed by atoms with Crippen LogP contribution < -0.4 is 10.2 Å². The lowest BCUT2D eigenvalue weighted by Gasteiger charge is -2.19. The van der Waals surface area contributed by atoms with Gasteiger partial charge < -0.3 is 15.3 Å². The summed E-state index contributed by atoms with van der Waals surface area (Å²) in [6.45, 7) is 3.00. The second kappa shape index (κ2) is 8.63. The first kappa shape index (κ1) is 19.4. The van der Waals surface area contributed by atoms with Crippen LogP contribution in [0.2, 0.25) is 0 Å². The molecule has 0 bridgehead atoms. The lowest BCUT2D eigenvalue weighted by Crippen LogP contribution is -2.27. The molecule has 2 N–H and O–H groups in total. The van der Waals surface area contributed by atoms with Crippen LogP contribution in [0.5, 0.6) is 0 Å². The van der Waals surface area contributed by atoms with Crippen LogP contribution >= 0.6 is 11.8 Å². The monoisotopic (exact) mass is 406 g/mol. The Morgan fingerprint density at radius 1 is 1.21 bits per heavy atom. The third-order valence-electron chi connectivity index (χ3n) is 4.79. The van der Waals surface area contributed by atoms with Gasteiger partial charge in [-0.25, -0.2) is 9.97 Å². The van der Waals surface area contributed by atoms with Gasteiger partial charge >= 0.3 is 0 Å². The molecule has 0 spiro atoms. The van der Waals surface area contributed by atoms with Crippen LogP contribution in [0.25, 0.3) is 0 Å². The summed E-state index contributed by atoms with van der Waals surface area (Å²) < 4.78 is 0. The number of fused-ring (bicyclic) bond motifs is 1. The van der Waals surface area contributed by atoms with Crippen LogP contribution in [-0.4, -0.2) is 40.7 Å². The van der Waals surface area contributed by atoms with Gasteiger partial charge in [0.2, 0.25) is 0 Å². The van der Waals surface area contributed by atoms with Crippen LogP contribution in [0.4, 0.5) is 11.5 Å². The zero-order valence-corrected chi connectivity index (χ0v) is 16.9. The molecule has 3 aromatic rings. The van der Waals surface area contributed by atoms with E-state index in [1.165, 1.54) is 5.56 Å². The van der Waals surface area contributed by atoms with Crippen molar-refractivity contribution in [3.8, 4) is 0 Å². The fraction of sp³-hybridized carbons (Fsp3) is 0.227. The number of benzene rings is 2. The topological polar surface area (TPSA) is 78.4 Å².